The van der Waals surface area contributed by atoms with Crippen LogP contribution in [0.4, 0.5) is 5.82 Å². The van der Waals surface area contributed by atoms with Gasteiger partial charge < -0.3 is 5.32 Å². The Bertz CT molecular complexity index is 526. The van der Waals surface area contributed by atoms with Crippen LogP contribution in [0.2, 0.25) is 5.15 Å². The van der Waals surface area contributed by atoms with Crippen molar-refractivity contribution in [1.29, 1.82) is 0 Å². The largest absolute Gasteiger partial charge is 0.361 e. The Morgan fingerprint density at radius 2 is 2.12 bits per heavy atom. The minimum absolute atomic E-state index is 0.110. The molecule has 1 atom stereocenters. The number of anilines is 1. The van der Waals surface area contributed by atoms with Crippen LogP contribution in [-0.4, -0.2) is 15.0 Å². The Kier molecular flexibility index (Phi) is 3.59. The van der Waals surface area contributed by atoms with Crippen molar-refractivity contribution in [3.8, 4) is 0 Å². The number of rotatable bonds is 3. The number of hydrogen-bond acceptors (Lipinski definition) is 5. The molecule has 0 saturated heterocycles. The first-order valence-electron chi connectivity index (χ1n) is 5.23. The van der Waals surface area contributed by atoms with Crippen LogP contribution in [0.5, 0.6) is 0 Å². The summed E-state index contributed by atoms with van der Waals surface area (Å²) in [6, 6.07) is 0.110. The van der Waals surface area contributed by atoms with E-state index in [1.165, 1.54) is 6.33 Å². The number of thiazole rings is 1. The highest BCUT2D eigenvalue weighted by Crippen LogP contribution is 2.24. The first-order valence-corrected chi connectivity index (χ1v) is 6.49. The van der Waals surface area contributed by atoms with Crippen LogP contribution in [0, 0.1) is 13.8 Å². The summed E-state index contributed by atoms with van der Waals surface area (Å²) in [6.07, 6.45) is 1.46. The minimum atomic E-state index is 0.110. The number of aromatic nitrogens is 3. The molecule has 0 amide bonds. The van der Waals surface area contributed by atoms with Crippen molar-refractivity contribution in [3.63, 3.8) is 0 Å². The zero-order valence-electron chi connectivity index (χ0n) is 9.86. The van der Waals surface area contributed by atoms with E-state index in [1.54, 1.807) is 11.3 Å². The molecule has 0 aliphatic heterocycles. The fraction of sp³-hybridized carbons (Fsp3) is 0.364. The Morgan fingerprint density at radius 1 is 1.35 bits per heavy atom. The highest BCUT2D eigenvalue weighted by molar-refractivity contribution is 7.09. The number of hydrogen-bond donors (Lipinski definition) is 1. The van der Waals surface area contributed by atoms with Crippen molar-refractivity contribution in [3.05, 3.63) is 33.1 Å². The van der Waals surface area contributed by atoms with E-state index in [4.69, 9.17) is 11.6 Å². The van der Waals surface area contributed by atoms with Crippen molar-refractivity contribution in [2.45, 2.75) is 26.8 Å². The lowest BCUT2D eigenvalue weighted by Gasteiger charge is -2.13. The van der Waals surface area contributed by atoms with E-state index in [1.807, 2.05) is 26.2 Å². The third-order valence-corrected chi connectivity index (χ3v) is 3.91. The third-order valence-electron chi connectivity index (χ3n) is 2.38. The molecule has 6 heteroatoms. The second-order valence-electron chi connectivity index (χ2n) is 3.83. The topological polar surface area (TPSA) is 50.7 Å². The van der Waals surface area contributed by atoms with E-state index < -0.39 is 0 Å². The Balaban J connectivity index is 2.18. The van der Waals surface area contributed by atoms with Crippen molar-refractivity contribution >= 4 is 28.8 Å². The summed E-state index contributed by atoms with van der Waals surface area (Å²) >= 11 is 7.58. The molecule has 17 heavy (non-hydrogen) atoms. The van der Waals surface area contributed by atoms with Crippen molar-refractivity contribution < 1.29 is 0 Å². The van der Waals surface area contributed by atoms with E-state index in [0.717, 1.165) is 22.1 Å². The lowest BCUT2D eigenvalue weighted by Crippen LogP contribution is -2.09. The Morgan fingerprint density at radius 3 is 2.76 bits per heavy atom. The van der Waals surface area contributed by atoms with Gasteiger partial charge in [-0.2, -0.15) is 0 Å². The summed E-state index contributed by atoms with van der Waals surface area (Å²) in [5.41, 5.74) is 1.89. The van der Waals surface area contributed by atoms with E-state index in [-0.39, 0.29) is 6.04 Å². The molecule has 0 saturated carbocycles. The fourth-order valence-corrected chi connectivity index (χ4v) is 2.35. The fourth-order valence-electron chi connectivity index (χ4n) is 1.41. The third kappa shape index (κ3) is 2.73. The normalized spacial score (nSPS) is 12.5. The molecular formula is C11H13ClN4S. The highest BCUT2D eigenvalue weighted by atomic mass is 35.5. The molecule has 0 aliphatic rings. The van der Waals surface area contributed by atoms with Gasteiger partial charge in [0.25, 0.3) is 0 Å². The van der Waals surface area contributed by atoms with Crippen LogP contribution in [-0.2, 0) is 0 Å². The van der Waals surface area contributed by atoms with Gasteiger partial charge >= 0.3 is 0 Å². The van der Waals surface area contributed by atoms with Crippen LogP contribution in [0.25, 0.3) is 0 Å². The van der Waals surface area contributed by atoms with Gasteiger partial charge in [0, 0.05) is 16.6 Å². The summed E-state index contributed by atoms with van der Waals surface area (Å²) in [4.78, 5) is 12.5. The Labute approximate surface area is 109 Å². The van der Waals surface area contributed by atoms with E-state index in [2.05, 4.69) is 20.3 Å². The maximum atomic E-state index is 5.94. The summed E-state index contributed by atoms with van der Waals surface area (Å²) in [6.45, 7) is 5.93. The van der Waals surface area contributed by atoms with E-state index in [0.29, 0.717) is 5.15 Å². The molecule has 2 aromatic rings. The van der Waals surface area contributed by atoms with Gasteiger partial charge in [0.15, 0.2) is 0 Å². The Hall–Kier alpha value is -1.20. The maximum absolute atomic E-state index is 5.94. The van der Waals surface area contributed by atoms with Crippen LogP contribution in [0.3, 0.4) is 0 Å². The van der Waals surface area contributed by atoms with Gasteiger partial charge in [-0.15, -0.1) is 11.3 Å². The predicted molar refractivity (Wildman–Crippen MR) is 70.7 cm³/mol. The SMILES string of the molecule is Cc1csc(C(C)Nc2ncnc(Cl)c2C)n1. The van der Waals surface area contributed by atoms with Gasteiger partial charge in [0.1, 0.15) is 22.3 Å². The summed E-state index contributed by atoms with van der Waals surface area (Å²) in [7, 11) is 0. The van der Waals surface area contributed by atoms with Crippen molar-refractivity contribution in [2.75, 3.05) is 5.32 Å². The van der Waals surface area contributed by atoms with Gasteiger partial charge in [-0.25, -0.2) is 15.0 Å². The second-order valence-corrected chi connectivity index (χ2v) is 5.08. The zero-order chi connectivity index (χ0) is 12.4. The van der Waals surface area contributed by atoms with E-state index >= 15 is 0 Å². The predicted octanol–water partition coefficient (Wildman–Crippen LogP) is 3.38. The molecule has 1 unspecified atom stereocenters. The quantitative estimate of drug-likeness (QED) is 0.867. The van der Waals surface area contributed by atoms with Crippen LogP contribution < -0.4 is 5.32 Å². The number of aryl methyl sites for hydroxylation is 1. The lowest BCUT2D eigenvalue weighted by atomic mass is 10.3. The lowest BCUT2D eigenvalue weighted by molar-refractivity contribution is 0.850. The zero-order valence-corrected chi connectivity index (χ0v) is 11.4. The summed E-state index contributed by atoms with van der Waals surface area (Å²) < 4.78 is 0. The highest BCUT2D eigenvalue weighted by Gasteiger charge is 2.12. The number of nitrogens with one attached hydrogen (secondary N) is 1. The first kappa shape index (κ1) is 12.3. The van der Waals surface area contributed by atoms with Gasteiger partial charge in [-0.1, -0.05) is 11.6 Å². The van der Waals surface area contributed by atoms with Gasteiger partial charge in [-0.05, 0) is 20.8 Å². The van der Waals surface area contributed by atoms with Gasteiger partial charge in [0.05, 0.1) is 6.04 Å². The second kappa shape index (κ2) is 4.98. The summed E-state index contributed by atoms with van der Waals surface area (Å²) in [5, 5.41) is 6.84. The molecule has 2 aromatic heterocycles. The molecule has 90 valence electrons. The average Bonchev–Trinajstić information content (AvgIpc) is 2.72. The monoisotopic (exact) mass is 268 g/mol. The van der Waals surface area contributed by atoms with Crippen molar-refractivity contribution in [2.24, 2.45) is 0 Å². The molecule has 4 nitrogen and oxygen atoms in total. The maximum Gasteiger partial charge on any atom is 0.137 e. The van der Waals surface area contributed by atoms with Crippen LogP contribution in [0.15, 0.2) is 11.7 Å². The van der Waals surface area contributed by atoms with Gasteiger partial charge in [0.2, 0.25) is 0 Å². The smallest absolute Gasteiger partial charge is 0.137 e. The molecule has 0 fully saturated rings. The van der Waals surface area contributed by atoms with Crippen LogP contribution >= 0.6 is 22.9 Å². The minimum Gasteiger partial charge on any atom is -0.361 e. The molecular weight excluding hydrogens is 256 g/mol. The standard InChI is InChI=1S/C11H13ClN4S/c1-6-4-17-11(15-6)8(3)16-10-7(2)9(12)13-5-14-10/h4-5,8H,1-3H3,(H,13,14,16). The molecule has 2 heterocycles. The average molecular weight is 269 g/mol. The molecule has 0 radical (unpaired) electrons. The van der Waals surface area contributed by atoms with E-state index in [9.17, 15) is 0 Å². The molecule has 1 N–H and O–H groups in total. The number of halogens is 1. The van der Waals surface area contributed by atoms with Gasteiger partial charge in [-0.3, -0.25) is 0 Å². The molecule has 0 spiro atoms. The summed E-state index contributed by atoms with van der Waals surface area (Å²) in [5.74, 6) is 0.755. The molecule has 2 rings (SSSR count). The molecule has 0 aliphatic carbocycles. The number of nitrogens with zero attached hydrogens (tertiary/aromatic N) is 3. The van der Waals surface area contributed by atoms with Crippen LogP contribution in [0.1, 0.15) is 29.2 Å². The van der Waals surface area contributed by atoms with Crippen molar-refractivity contribution in [1.82, 2.24) is 15.0 Å². The molecule has 0 aromatic carbocycles. The first-order chi connectivity index (χ1) is 8.08. The molecule has 0 bridgehead atoms.